The molecule has 0 N–H and O–H groups in total. The van der Waals surface area contributed by atoms with Gasteiger partial charge in [-0.25, -0.2) is 0 Å². The van der Waals surface area contributed by atoms with Gasteiger partial charge in [-0.15, -0.1) is 0 Å². The molecule has 0 saturated carbocycles. The minimum absolute atomic E-state index is 0.225. The van der Waals surface area contributed by atoms with Crippen molar-refractivity contribution in [1.82, 2.24) is 4.57 Å². The van der Waals surface area contributed by atoms with Crippen LogP contribution in [0.2, 0.25) is 0 Å². The average molecular weight is 279 g/mol. The Bertz CT molecular complexity index is 759. The molecule has 106 valence electrons. The number of nitrogens with zero attached hydrogens (tertiary/aromatic N) is 1. The van der Waals surface area contributed by atoms with E-state index >= 15 is 0 Å². The zero-order chi connectivity index (χ0) is 14.7. The fourth-order valence-corrected chi connectivity index (χ4v) is 2.38. The Hall–Kier alpha value is -2.55. The van der Waals surface area contributed by atoms with Crippen LogP contribution < -0.4 is 0 Å². The van der Waals surface area contributed by atoms with Gasteiger partial charge in [0.05, 0.1) is 0 Å². The highest BCUT2D eigenvalue weighted by atomic mass is 16.5. The van der Waals surface area contributed by atoms with Crippen LogP contribution in [0.15, 0.2) is 60.8 Å². The third kappa shape index (κ3) is 3.14. The zero-order valence-electron chi connectivity index (χ0n) is 12.0. The van der Waals surface area contributed by atoms with Gasteiger partial charge in [-0.1, -0.05) is 42.0 Å². The Kier molecular flexibility index (Phi) is 3.73. The minimum Gasteiger partial charge on any atom is -0.459 e. The molecule has 3 nitrogen and oxygen atoms in total. The molecule has 0 unspecified atom stereocenters. The predicted octanol–water partition coefficient (Wildman–Crippen LogP) is 3.69. The van der Waals surface area contributed by atoms with Crippen molar-refractivity contribution in [2.45, 2.75) is 20.1 Å². The second kappa shape index (κ2) is 5.83. The predicted molar refractivity (Wildman–Crippen MR) is 82.9 cm³/mol. The van der Waals surface area contributed by atoms with Gasteiger partial charge in [-0.2, -0.15) is 0 Å². The molecule has 0 bridgehead atoms. The second-order valence-electron chi connectivity index (χ2n) is 5.15. The number of fused-ring (bicyclic) bond motifs is 1. The molecule has 0 amide bonds. The summed E-state index contributed by atoms with van der Waals surface area (Å²) in [4.78, 5) is 12.0. The van der Waals surface area contributed by atoms with Crippen molar-refractivity contribution in [2.75, 3.05) is 0 Å². The lowest BCUT2D eigenvalue weighted by Crippen LogP contribution is -2.12. The smallest absolute Gasteiger partial charge is 0.326 e. The summed E-state index contributed by atoms with van der Waals surface area (Å²) in [5, 5.41) is 1.14. The summed E-state index contributed by atoms with van der Waals surface area (Å²) >= 11 is 0. The van der Waals surface area contributed by atoms with Crippen LogP contribution in [0.4, 0.5) is 0 Å². The number of esters is 1. The third-order valence-corrected chi connectivity index (χ3v) is 3.47. The van der Waals surface area contributed by atoms with Crippen LogP contribution in [0.25, 0.3) is 10.9 Å². The summed E-state index contributed by atoms with van der Waals surface area (Å²) in [5.74, 6) is -0.225. The molecule has 0 aliphatic rings. The fourth-order valence-electron chi connectivity index (χ4n) is 2.38. The van der Waals surface area contributed by atoms with E-state index in [1.165, 1.54) is 5.56 Å². The number of hydrogen-bond donors (Lipinski definition) is 0. The Morgan fingerprint density at radius 1 is 1.10 bits per heavy atom. The Morgan fingerprint density at radius 2 is 1.90 bits per heavy atom. The van der Waals surface area contributed by atoms with Crippen LogP contribution in [0, 0.1) is 6.92 Å². The molecule has 1 heterocycles. The molecule has 2 aromatic carbocycles. The standard InChI is InChI=1S/C18H17NO2/c1-14-7-8-17-16(11-14)9-10-19(17)12-18(20)21-13-15-5-3-2-4-6-15/h2-11H,12-13H2,1H3. The summed E-state index contributed by atoms with van der Waals surface area (Å²) in [6.07, 6.45) is 1.92. The van der Waals surface area contributed by atoms with E-state index in [0.717, 1.165) is 16.5 Å². The van der Waals surface area contributed by atoms with Crippen molar-refractivity contribution in [1.29, 1.82) is 0 Å². The summed E-state index contributed by atoms with van der Waals surface area (Å²) in [6, 6.07) is 17.9. The molecule has 0 spiro atoms. The number of rotatable bonds is 4. The van der Waals surface area contributed by atoms with Crippen molar-refractivity contribution in [3.63, 3.8) is 0 Å². The molecule has 0 atom stereocenters. The van der Waals surface area contributed by atoms with Gasteiger partial charge in [0, 0.05) is 11.7 Å². The van der Waals surface area contributed by atoms with Gasteiger partial charge in [0.2, 0.25) is 0 Å². The van der Waals surface area contributed by atoms with Crippen LogP contribution in [0.3, 0.4) is 0 Å². The molecule has 3 rings (SSSR count). The van der Waals surface area contributed by atoms with Gasteiger partial charge in [0.15, 0.2) is 0 Å². The van der Waals surface area contributed by atoms with Gasteiger partial charge in [-0.3, -0.25) is 4.79 Å². The molecule has 3 heteroatoms. The van der Waals surface area contributed by atoms with Crippen LogP contribution in [-0.2, 0) is 22.7 Å². The number of carbonyl (C=O) groups excluding carboxylic acids is 1. The largest absolute Gasteiger partial charge is 0.459 e. The number of carbonyl (C=O) groups is 1. The van der Waals surface area contributed by atoms with E-state index in [2.05, 4.69) is 13.0 Å². The van der Waals surface area contributed by atoms with E-state index in [1.807, 2.05) is 59.3 Å². The topological polar surface area (TPSA) is 31.2 Å². The molecular weight excluding hydrogens is 262 g/mol. The summed E-state index contributed by atoms with van der Waals surface area (Å²) in [6.45, 7) is 2.61. The highest BCUT2D eigenvalue weighted by molar-refractivity contribution is 5.82. The molecule has 0 radical (unpaired) electrons. The van der Waals surface area contributed by atoms with Gasteiger partial charge in [-0.05, 0) is 36.1 Å². The van der Waals surface area contributed by atoms with E-state index in [0.29, 0.717) is 6.61 Å². The van der Waals surface area contributed by atoms with E-state index < -0.39 is 0 Å². The second-order valence-corrected chi connectivity index (χ2v) is 5.15. The third-order valence-electron chi connectivity index (χ3n) is 3.47. The highest BCUT2D eigenvalue weighted by Gasteiger charge is 2.07. The molecule has 1 aromatic heterocycles. The van der Waals surface area contributed by atoms with E-state index in [4.69, 9.17) is 4.74 Å². The molecule has 0 aliphatic carbocycles. The van der Waals surface area contributed by atoms with Gasteiger partial charge >= 0.3 is 5.97 Å². The Labute approximate surface area is 123 Å². The molecule has 0 aliphatic heterocycles. The first-order valence-corrected chi connectivity index (χ1v) is 6.97. The van der Waals surface area contributed by atoms with E-state index in [-0.39, 0.29) is 12.5 Å². The lowest BCUT2D eigenvalue weighted by molar-refractivity contribution is -0.145. The highest BCUT2D eigenvalue weighted by Crippen LogP contribution is 2.17. The van der Waals surface area contributed by atoms with Gasteiger partial charge in [0.25, 0.3) is 0 Å². The number of aromatic nitrogens is 1. The molecule has 21 heavy (non-hydrogen) atoms. The van der Waals surface area contributed by atoms with E-state index in [1.54, 1.807) is 0 Å². The van der Waals surface area contributed by atoms with Gasteiger partial charge < -0.3 is 9.30 Å². The number of hydrogen-bond acceptors (Lipinski definition) is 2. The van der Waals surface area contributed by atoms with Crippen LogP contribution in [0.5, 0.6) is 0 Å². The lowest BCUT2D eigenvalue weighted by Gasteiger charge is -2.07. The Balaban J connectivity index is 1.66. The molecule has 0 saturated heterocycles. The maximum absolute atomic E-state index is 12.0. The maximum Gasteiger partial charge on any atom is 0.326 e. The normalized spacial score (nSPS) is 10.7. The average Bonchev–Trinajstić information content (AvgIpc) is 2.88. The van der Waals surface area contributed by atoms with Crippen molar-refractivity contribution in [3.05, 3.63) is 71.9 Å². The van der Waals surface area contributed by atoms with Crippen molar-refractivity contribution >= 4 is 16.9 Å². The van der Waals surface area contributed by atoms with Gasteiger partial charge in [0.1, 0.15) is 13.2 Å². The SMILES string of the molecule is Cc1ccc2c(ccn2CC(=O)OCc2ccccc2)c1. The first-order chi connectivity index (χ1) is 10.2. The number of aryl methyl sites for hydroxylation is 1. The zero-order valence-corrected chi connectivity index (χ0v) is 12.0. The summed E-state index contributed by atoms with van der Waals surface area (Å²) in [7, 11) is 0. The minimum atomic E-state index is -0.225. The Morgan fingerprint density at radius 3 is 2.71 bits per heavy atom. The molecular formula is C18H17NO2. The molecule has 3 aromatic rings. The first-order valence-electron chi connectivity index (χ1n) is 6.97. The summed E-state index contributed by atoms with van der Waals surface area (Å²) < 4.78 is 7.23. The first kappa shape index (κ1) is 13.4. The van der Waals surface area contributed by atoms with Crippen molar-refractivity contribution in [2.24, 2.45) is 0 Å². The van der Waals surface area contributed by atoms with Crippen LogP contribution in [-0.4, -0.2) is 10.5 Å². The molecule has 0 fully saturated rings. The fraction of sp³-hybridized carbons (Fsp3) is 0.167. The lowest BCUT2D eigenvalue weighted by atomic mass is 10.2. The van der Waals surface area contributed by atoms with Crippen molar-refractivity contribution < 1.29 is 9.53 Å². The number of benzene rings is 2. The monoisotopic (exact) mass is 279 g/mol. The van der Waals surface area contributed by atoms with Crippen molar-refractivity contribution in [3.8, 4) is 0 Å². The maximum atomic E-state index is 12.0. The quantitative estimate of drug-likeness (QED) is 0.682. The van der Waals surface area contributed by atoms with Crippen LogP contribution in [0.1, 0.15) is 11.1 Å². The summed E-state index contributed by atoms with van der Waals surface area (Å²) in [5.41, 5.74) is 3.27. The van der Waals surface area contributed by atoms with Crippen LogP contribution >= 0.6 is 0 Å². The van der Waals surface area contributed by atoms with E-state index in [9.17, 15) is 4.79 Å². The number of ether oxygens (including phenoxy) is 1.